The van der Waals surface area contributed by atoms with Gasteiger partial charge in [0.2, 0.25) is 0 Å². The lowest BCUT2D eigenvalue weighted by Crippen LogP contribution is -1.98. The number of fused-ring (bicyclic) bond motifs is 8. The van der Waals surface area contributed by atoms with Crippen LogP contribution in [0.4, 0.5) is 0 Å². The van der Waals surface area contributed by atoms with Crippen molar-refractivity contribution in [1.29, 1.82) is 0 Å². The minimum atomic E-state index is -0.867. The van der Waals surface area contributed by atoms with Gasteiger partial charge in [0.25, 0.3) is 0 Å². The van der Waals surface area contributed by atoms with Crippen molar-refractivity contribution < 1.29 is 19.8 Å². The summed E-state index contributed by atoms with van der Waals surface area (Å²) in [7, 11) is 0. The number of H-pyrrole nitrogens is 2. The van der Waals surface area contributed by atoms with Crippen LogP contribution in [0.5, 0.6) is 0 Å². The molecule has 0 atom stereocenters. The third-order valence-corrected chi connectivity index (χ3v) is 8.69. The minimum absolute atomic E-state index is 0.00176. The van der Waals surface area contributed by atoms with E-state index in [0.717, 1.165) is 79.8 Å². The molecule has 0 saturated carbocycles. The maximum atomic E-state index is 11.5. The number of nitrogens with zero attached hydrogens (tertiary/aromatic N) is 2. The third-order valence-electron chi connectivity index (χ3n) is 8.69. The van der Waals surface area contributed by atoms with E-state index in [1.165, 1.54) is 16.7 Å². The van der Waals surface area contributed by atoms with Gasteiger partial charge in [-0.15, -0.1) is 0 Å². The maximum Gasteiger partial charge on any atom is 0.303 e. The van der Waals surface area contributed by atoms with Gasteiger partial charge in [0, 0.05) is 34.9 Å². The molecule has 0 aromatic carbocycles. The summed E-state index contributed by atoms with van der Waals surface area (Å²) < 4.78 is 0. The van der Waals surface area contributed by atoms with Crippen molar-refractivity contribution in [3.8, 4) is 0 Å². The van der Waals surface area contributed by atoms with Gasteiger partial charge < -0.3 is 20.2 Å². The Bertz CT molecular complexity index is 1850. The molecule has 4 N–H and O–H groups in total. The first-order valence-electron chi connectivity index (χ1n) is 14.6. The van der Waals surface area contributed by atoms with E-state index in [-0.39, 0.29) is 12.8 Å². The summed E-state index contributed by atoms with van der Waals surface area (Å²) >= 11 is 0. The second-order valence-corrected chi connectivity index (χ2v) is 11.2. The number of carboxylic acids is 2. The molecule has 8 heteroatoms. The van der Waals surface area contributed by atoms with Gasteiger partial charge in [0.05, 0.1) is 22.8 Å². The molecule has 218 valence electrons. The Morgan fingerprint density at radius 3 is 1.67 bits per heavy atom. The van der Waals surface area contributed by atoms with E-state index in [1.54, 1.807) is 0 Å². The van der Waals surface area contributed by atoms with E-state index in [2.05, 4.69) is 49.8 Å². The van der Waals surface area contributed by atoms with Crippen LogP contribution in [0.2, 0.25) is 0 Å². The van der Waals surface area contributed by atoms with Crippen molar-refractivity contribution in [2.24, 2.45) is 0 Å². The van der Waals surface area contributed by atoms with E-state index in [4.69, 9.17) is 9.97 Å². The Labute approximate surface area is 245 Å². The normalized spacial score (nSPS) is 13.3. The topological polar surface area (TPSA) is 132 Å². The zero-order chi connectivity index (χ0) is 30.3. The zero-order valence-corrected chi connectivity index (χ0v) is 25.2. The molecule has 3 aromatic rings. The fourth-order valence-corrected chi connectivity index (χ4v) is 6.22. The number of nitrogens with one attached hydrogen (secondary N) is 2. The second-order valence-electron chi connectivity index (χ2n) is 11.2. The van der Waals surface area contributed by atoms with E-state index in [0.29, 0.717) is 18.5 Å². The van der Waals surface area contributed by atoms with Crippen molar-refractivity contribution in [3.63, 3.8) is 0 Å². The summed E-state index contributed by atoms with van der Waals surface area (Å²) in [6, 6.07) is 8.19. The highest BCUT2D eigenvalue weighted by molar-refractivity contribution is 5.96. The van der Waals surface area contributed by atoms with Crippen LogP contribution in [0.1, 0.15) is 98.4 Å². The molecular formula is C34H38N4O4. The summed E-state index contributed by atoms with van der Waals surface area (Å²) in [4.78, 5) is 40.3. The predicted molar refractivity (Wildman–Crippen MR) is 168 cm³/mol. The lowest BCUT2D eigenvalue weighted by atomic mass is 9.99. The predicted octanol–water partition coefficient (Wildman–Crippen LogP) is 7.65. The molecule has 0 saturated heterocycles. The van der Waals surface area contributed by atoms with Gasteiger partial charge in [-0.3, -0.25) is 9.59 Å². The summed E-state index contributed by atoms with van der Waals surface area (Å²) in [6.07, 6.45) is 2.41. The summed E-state index contributed by atoms with van der Waals surface area (Å²) in [6.45, 7) is 12.5. The van der Waals surface area contributed by atoms with Crippen molar-refractivity contribution in [2.75, 3.05) is 0 Å². The van der Waals surface area contributed by atoms with Crippen molar-refractivity contribution in [1.82, 2.24) is 19.9 Å². The SMILES string of the molecule is CCC1=C(C)c2cc3nc(cc4[nH]c(cc5[nH]c(cc1n2)c(CC)c5C)c(C)c4CCC(=O)O)C(CCC(=O)O)=C3C. The van der Waals surface area contributed by atoms with Crippen molar-refractivity contribution in [3.05, 3.63) is 69.3 Å². The van der Waals surface area contributed by atoms with Crippen molar-refractivity contribution >= 4 is 56.3 Å². The Morgan fingerprint density at radius 1 is 0.619 bits per heavy atom. The first-order valence-corrected chi connectivity index (χ1v) is 14.6. The highest BCUT2D eigenvalue weighted by atomic mass is 16.4. The van der Waals surface area contributed by atoms with Gasteiger partial charge in [0.1, 0.15) is 0 Å². The average molecular weight is 567 g/mol. The van der Waals surface area contributed by atoms with E-state index in [9.17, 15) is 19.8 Å². The molecule has 42 heavy (non-hydrogen) atoms. The molecule has 2 aliphatic heterocycles. The number of aromatic amines is 2. The Balaban J connectivity index is 1.93. The first-order chi connectivity index (χ1) is 20.0. The Kier molecular flexibility index (Phi) is 7.91. The fraction of sp³-hybridized carbons (Fsp3) is 0.353. The number of aliphatic carboxylic acids is 2. The van der Waals surface area contributed by atoms with Crippen LogP contribution in [0.15, 0.2) is 24.3 Å². The fourth-order valence-electron chi connectivity index (χ4n) is 6.22. The molecule has 2 aliphatic rings. The van der Waals surface area contributed by atoms with E-state index < -0.39 is 11.9 Å². The minimum Gasteiger partial charge on any atom is -0.481 e. The van der Waals surface area contributed by atoms with Gasteiger partial charge in [-0.1, -0.05) is 13.8 Å². The number of allylic oxidation sites excluding steroid dienone is 4. The molecule has 0 unspecified atom stereocenters. The molecule has 0 amide bonds. The Hall–Kier alpha value is -4.46. The lowest BCUT2D eigenvalue weighted by Gasteiger charge is -2.03. The Morgan fingerprint density at radius 2 is 1.12 bits per heavy atom. The quantitative estimate of drug-likeness (QED) is 0.221. The van der Waals surface area contributed by atoms with Crippen LogP contribution in [-0.4, -0.2) is 42.1 Å². The number of aromatic nitrogens is 4. The van der Waals surface area contributed by atoms with Gasteiger partial charge in [0.15, 0.2) is 0 Å². The number of carbonyl (C=O) groups is 2. The largest absolute Gasteiger partial charge is 0.481 e. The van der Waals surface area contributed by atoms with Crippen LogP contribution < -0.4 is 0 Å². The van der Waals surface area contributed by atoms with Crippen LogP contribution in [0, 0.1) is 13.8 Å². The van der Waals surface area contributed by atoms with Crippen molar-refractivity contribution in [2.45, 2.75) is 80.1 Å². The van der Waals surface area contributed by atoms with Crippen LogP contribution >= 0.6 is 0 Å². The molecule has 5 heterocycles. The van der Waals surface area contributed by atoms with Crippen LogP contribution in [0.25, 0.3) is 44.4 Å². The monoisotopic (exact) mass is 566 g/mol. The highest BCUT2D eigenvalue weighted by Crippen LogP contribution is 2.37. The third kappa shape index (κ3) is 5.29. The summed E-state index contributed by atoms with van der Waals surface area (Å²) in [5.74, 6) is -1.73. The standard InChI is InChI=1S/C34H38N4O4/c1-7-21-17(3)25-13-27-19(5)23(9-11-33(39)40)31(37-27)16-32-24(10-12-34(41)42)20(6)28(38-32)14-26-18(4)22(8-2)30(36-26)15-29(21)35-25/h13-16,35,37H,7-12H2,1-6H3,(H,39,40)(H,41,42). The van der Waals surface area contributed by atoms with Gasteiger partial charge in [-0.05, 0) is 122 Å². The molecule has 0 spiro atoms. The molecule has 0 fully saturated rings. The van der Waals surface area contributed by atoms with E-state index in [1.807, 2.05) is 26.0 Å². The smallest absolute Gasteiger partial charge is 0.303 e. The molecular weight excluding hydrogens is 528 g/mol. The molecule has 3 aromatic heterocycles. The second kappa shape index (κ2) is 11.4. The van der Waals surface area contributed by atoms with E-state index >= 15 is 0 Å². The zero-order valence-electron chi connectivity index (χ0n) is 25.2. The molecule has 0 radical (unpaired) electrons. The number of hydrogen-bond acceptors (Lipinski definition) is 4. The molecule has 5 rings (SSSR count). The number of aryl methyl sites for hydroxylation is 4. The highest BCUT2D eigenvalue weighted by Gasteiger charge is 2.21. The van der Waals surface area contributed by atoms with Crippen LogP contribution in [-0.2, 0) is 22.4 Å². The van der Waals surface area contributed by atoms with Gasteiger partial charge in [-0.2, -0.15) is 0 Å². The number of rotatable bonds is 8. The first kappa shape index (κ1) is 29.0. The molecule has 0 aliphatic carbocycles. The summed E-state index contributed by atoms with van der Waals surface area (Å²) in [5.41, 5.74) is 15.4. The maximum absolute atomic E-state index is 11.5. The van der Waals surface area contributed by atoms with Gasteiger partial charge in [-0.25, -0.2) is 9.97 Å². The van der Waals surface area contributed by atoms with Gasteiger partial charge >= 0.3 is 11.9 Å². The lowest BCUT2D eigenvalue weighted by molar-refractivity contribution is -0.137. The average Bonchev–Trinajstić information content (AvgIpc) is 3.59. The molecule has 8 nitrogen and oxygen atoms in total. The number of carboxylic acid groups (broad SMARTS) is 2. The van der Waals surface area contributed by atoms with Crippen LogP contribution in [0.3, 0.4) is 0 Å². The summed E-state index contributed by atoms with van der Waals surface area (Å²) in [5, 5.41) is 18.9. The number of hydrogen-bond donors (Lipinski definition) is 4. The molecule has 8 bridgehead atoms.